The van der Waals surface area contributed by atoms with Gasteiger partial charge in [0.1, 0.15) is 11.5 Å². The average Bonchev–Trinajstić information content (AvgIpc) is 3.40. The fourth-order valence-electron chi connectivity index (χ4n) is 3.37. The third-order valence-corrected chi connectivity index (χ3v) is 5.23. The van der Waals surface area contributed by atoms with Crippen LogP contribution in [0.1, 0.15) is 34.1 Å². The Morgan fingerprint density at radius 3 is 2.55 bits per heavy atom. The molecule has 148 valence electrons. The number of nitrogens with zero attached hydrogens (tertiary/aromatic N) is 2. The highest BCUT2D eigenvalue weighted by Crippen LogP contribution is 2.37. The quantitative estimate of drug-likeness (QED) is 0.540. The van der Waals surface area contributed by atoms with Crippen LogP contribution in [0.3, 0.4) is 0 Å². The van der Waals surface area contributed by atoms with E-state index in [2.05, 4.69) is 21.0 Å². The Morgan fingerprint density at radius 2 is 1.90 bits per heavy atom. The molecule has 2 aromatic carbocycles. The Morgan fingerprint density at radius 1 is 1.10 bits per heavy atom. The molecule has 0 spiro atoms. The van der Waals surface area contributed by atoms with Gasteiger partial charge in [0.25, 0.3) is 0 Å². The number of ether oxygens (including phenoxy) is 2. The van der Waals surface area contributed by atoms with Crippen LogP contribution in [0, 0.1) is 0 Å². The molecular weight excluding hydrogens is 436 g/mol. The predicted molar refractivity (Wildman–Crippen MR) is 112 cm³/mol. The van der Waals surface area contributed by atoms with Crippen molar-refractivity contribution in [2.24, 2.45) is 5.10 Å². The minimum absolute atomic E-state index is 0.226. The SMILES string of the molecule is COc1ccc(C2=NN(C(=O)c3ccc(Br)o3)[C@@H](c3ccccc3)C2)c(OC)c1. The fraction of sp³-hybridized carbons (Fsp3) is 0.182. The molecule has 29 heavy (non-hydrogen) atoms. The molecule has 7 heteroatoms. The summed E-state index contributed by atoms with van der Waals surface area (Å²) in [5.41, 5.74) is 2.58. The van der Waals surface area contributed by atoms with E-state index in [1.54, 1.807) is 26.4 Å². The molecule has 4 rings (SSSR count). The third kappa shape index (κ3) is 3.78. The second-order valence-electron chi connectivity index (χ2n) is 6.50. The van der Waals surface area contributed by atoms with Gasteiger partial charge in [0, 0.05) is 18.1 Å². The van der Waals surface area contributed by atoms with E-state index in [-0.39, 0.29) is 17.7 Å². The molecule has 0 saturated carbocycles. The van der Waals surface area contributed by atoms with Crippen molar-refractivity contribution in [3.05, 3.63) is 82.2 Å². The summed E-state index contributed by atoms with van der Waals surface area (Å²) in [6.45, 7) is 0. The van der Waals surface area contributed by atoms with E-state index in [0.717, 1.165) is 16.8 Å². The van der Waals surface area contributed by atoms with Gasteiger partial charge in [0.2, 0.25) is 0 Å². The normalized spacial score (nSPS) is 15.9. The number of hydrazone groups is 1. The predicted octanol–water partition coefficient (Wildman–Crippen LogP) is 5.05. The van der Waals surface area contributed by atoms with Crippen LogP contribution in [0.25, 0.3) is 0 Å². The lowest BCUT2D eigenvalue weighted by atomic mass is 9.98. The highest BCUT2D eigenvalue weighted by molar-refractivity contribution is 9.10. The van der Waals surface area contributed by atoms with Crippen molar-refractivity contribution in [2.45, 2.75) is 12.5 Å². The Kier molecular flexibility index (Phi) is 5.40. The van der Waals surface area contributed by atoms with Crippen molar-refractivity contribution in [3.8, 4) is 11.5 Å². The van der Waals surface area contributed by atoms with Crippen LogP contribution in [0.4, 0.5) is 0 Å². The van der Waals surface area contributed by atoms with Crippen LogP contribution in [-0.4, -0.2) is 30.8 Å². The van der Waals surface area contributed by atoms with Crippen molar-refractivity contribution >= 4 is 27.5 Å². The molecule has 0 unspecified atom stereocenters. The number of furan rings is 1. The second kappa shape index (κ2) is 8.13. The number of hydrogen-bond donors (Lipinski definition) is 0. The molecule has 6 nitrogen and oxygen atoms in total. The van der Waals surface area contributed by atoms with Gasteiger partial charge < -0.3 is 13.9 Å². The number of amides is 1. The number of carbonyl (C=O) groups is 1. The Bertz CT molecular complexity index is 1060. The monoisotopic (exact) mass is 454 g/mol. The fourth-order valence-corrected chi connectivity index (χ4v) is 3.68. The first-order chi connectivity index (χ1) is 14.1. The highest BCUT2D eigenvalue weighted by atomic mass is 79.9. The number of rotatable bonds is 5. The van der Waals surface area contributed by atoms with Crippen molar-refractivity contribution in [1.82, 2.24) is 5.01 Å². The maximum atomic E-state index is 13.1. The minimum Gasteiger partial charge on any atom is -0.497 e. The number of hydrogen-bond acceptors (Lipinski definition) is 5. The van der Waals surface area contributed by atoms with Gasteiger partial charge >= 0.3 is 5.91 Å². The molecular formula is C22H19BrN2O4. The Balaban J connectivity index is 1.75. The summed E-state index contributed by atoms with van der Waals surface area (Å²) < 4.78 is 16.8. The maximum absolute atomic E-state index is 13.1. The lowest BCUT2D eigenvalue weighted by molar-refractivity contribution is 0.0677. The van der Waals surface area contributed by atoms with Crippen LogP contribution < -0.4 is 9.47 Å². The molecule has 0 fully saturated rings. The van der Waals surface area contributed by atoms with Crippen molar-refractivity contribution in [1.29, 1.82) is 0 Å². The number of carbonyl (C=O) groups excluding carboxylic acids is 1. The topological polar surface area (TPSA) is 64.3 Å². The largest absolute Gasteiger partial charge is 0.497 e. The molecule has 1 amide bonds. The van der Waals surface area contributed by atoms with Gasteiger partial charge in [-0.2, -0.15) is 5.10 Å². The van der Waals surface area contributed by atoms with Crippen LogP contribution in [-0.2, 0) is 0 Å². The first-order valence-corrected chi connectivity index (χ1v) is 9.83. The zero-order valence-corrected chi connectivity index (χ0v) is 17.5. The number of benzene rings is 2. The number of halogens is 1. The van der Waals surface area contributed by atoms with E-state index < -0.39 is 0 Å². The van der Waals surface area contributed by atoms with E-state index in [1.165, 1.54) is 5.01 Å². The molecule has 0 aliphatic carbocycles. The molecule has 1 aliphatic rings. The third-order valence-electron chi connectivity index (χ3n) is 4.81. The maximum Gasteiger partial charge on any atom is 0.310 e. The van der Waals surface area contributed by atoms with Gasteiger partial charge in [-0.3, -0.25) is 4.79 Å². The van der Waals surface area contributed by atoms with Crippen LogP contribution in [0.2, 0.25) is 0 Å². The first-order valence-electron chi connectivity index (χ1n) is 9.04. The molecule has 0 N–H and O–H groups in total. The summed E-state index contributed by atoms with van der Waals surface area (Å²) in [7, 11) is 3.21. The summed E-state index contributed by atoms with van der Waals surface area (Å²) in [6, 6.07) is 18.5. The van der Waals surface area contributed by atoms with Crippen molar-refractivity contribution < 1.29 is 18.7 Å². The molecule has 0 saturated heterocycles. The Labute approximate surface area is 176 Å². The van der Waals surface area contributed by atoms with Crippen molar-refractivity contribution in [3.63, 3.8) is 0 Å². The average molecular weight is 455 g/mol. The zero-order valence-electron chi connectivity index (χ0n) is 16.0. The molecule has 2 heterocycles. The summed E-state index contributed by atoms with van der Waals surface area (Å²) in [4.78, 5) is 13.1. The van der Waals surface area contributed by atoms with Gasteiger partial charge in [0.15, 0.2) is 10.4 Å². The van der Waals surface area contributed by atoms with Gasteiger partial charge in [-0.15, -0.1) is 0 Å². The lowest BCUT2D eigenvalue weighted by Gasteiger charge is -2.21. The zero-order chi connectivity index (χ0) is 20.4. The van der Waals surface area contributed by atoms with Gasteiger partial charge in [-0.1, -0.05) is 30.3 Å². The first kappa shape index (κ1) is 19.3. The van der Waals surface area contributed by atoms with E-state index in [0.29, 0.717) is 22.6 Å². The summed E-state index contributed by atoms with van der Waals surface area (Å²) in [5, 5.41) is 6.16. The van der Waals surface area contributed by atoms with Gasteiger partial charge in [-0.05, 0) is 45.8 Å². The van der Waals surface area contributed by atoms with Crippen LogP contribution in [0.5, 0.6) is 11.5 Å². The van der Waals surface area contributed by atoms with Crippen LogP contribution >= 0.6 is 15.9 Å². The second-order valence-corrected chi connectivity index (χ2v) is 7.28. The number of methoxy groups -OCH3 is 2. The standard InChI is InChI=1S/C22H19BrN2O4/c1-27-15-8-9-16(20(12-15)28-2)17-13-18(14-6-4-3-5-7-14)25(24-17)22(26)19-10-11-21(23)29-19/h3-12,18H,13H2,1-2H3/t18-/m1/s1. The Hall–Kier alpha value is -3.06. The van der Waals surface area contributed by atoms with Gasteiger partial charge in [0.05, 0.1) is 26.0 Å². The van der Waals surface area contributed by atoms with Crippen molar-refractivity contribution in [2.75, 3.05) is 14.2 Å². The molecule has 0 bridgehead atoms. The lowest BCUT2D eigenvalue weighted by Crippen LogP contribution is -2.26. The van der Waals surface area contributed by atoms with Crippen LogP contribution in [0.15, 0.2) is 74.9 Å². The molecule has 1 atom stereocenters. The smallest absolute Gasteiger partial charge is 0.310 e. The van der Waals surface area contributed by atoms with Gasteiger partial charge in [-0.25, -0.2) is 5.01 Å². The summed E-state index contributed by atoms with van der Waals surface area (Å²) in [5.74, 6) is 1.26. The molecule has 3 aromatic rings. The van der Waals surface area contributed by atoms with E-state index >= 15 is 0 Å². The molecule has 0 radical (unpaired) electrons. The highest BCUT2D eigenvalue weighted by Gasteiger charge is 2.35. The van der Waals surface area contributed by atoms with E-state index in [4.69, 9.17) is 13.9 Å². The van der Waals surface area contributed by atoms with E-state index in [9.17, 15) is 4.79 Å². The van der Waals surface area contributed by atoms with E-state index in [1.807, 2.05) is 48.5 Å². The molecule has 1 aliphatic heterocycles. The minimum atomic E-state index is -0.299. The summed E-state index contributed by atoms with van der Waals surface area (Å²) >= 11 is 3.25. The molecule has 1 aromatic heterocycles. The summed E-state index contributed by atoms with van der Waals surface area (Å²) in [6.07, 6.45) is 0.556.